The molecule has 0 bridgehead atoms. The first-order valence-electron chi connectivity index (χ1n) is 8.97. The van der Waals surface area contributed by atoms with Crippen LogP contribution in [0.25, 0.3) is 0 Å². The number of nitrogens with zero attached hydrogens (tertiary/aromatic N) is 1. The van der Waals surface area contributed by atoms with Crippen molar-refractivity contribution in [3.05, 3.63) is 53.4 Å². The molecule has 0 radical (unpaired) electrons. The van der Waals surface area contributed by atoms with Gasteiger partial charge in [0.15, 0.2) is 0 Å². The molecule has 0 saturated heterocycles. The molecule has 0 N–H and O–H groups in total. The van der Waals surface area contributed by atoms with Gasteiger partial charge in [0.1, 0.15) is 5.76 Å². The molecule has 1 aromatic carbocycles. The Kier molecular flexibility index (Phi) is 3.40. The van der Waals surface area contributed by atoms with Crippen molar-refractivity contribution in [1.82, 2.24) is 5.16 Å². The van der Waals surface area contributed by atoms with Crippen LogP contribution in [0.3, 0.4) is 0 Å². The second kappa shape index (κ2) is 5.22. The summed E-state index contributed by atoms with van der Waals surface area (Å²) in [6, 6.07) is 11.0. The van der Waals surface area contributed by atoms with Crippen molar-refractivity contribution < 1.29 is 4.52 Å². The summed E-state index contributed by atoms with van der Waals surface area (Å²) in [6.45, 7) is 7.22. The number of rotatable bonds is 2. The van der Waals surface area contributed by atoms with Gasteiger partial charge in [0.05, 0.1) is 6.20 Å². The normalized spacial score (nSPS) is 32.1. The lowest BCUT2D eigenvalue weighted by molar-refractivity contribution is 0.00400. The second-order valence-corrected chi connectivity index (χ2v) is 8.62. The summed E-state index contributed by atoms with van der Waals surface area (Å²) in [5.41, 5.74) is 3.31. The van der Waals surface area contributed by atoms with E-state index in [-0.39, 0.29) is 5.41 Å². The molecule has 2 aliphatic rings. The lowest BCUT2D eigenvalue weighted by Crippen LogP contribution is -2.49. The van der Waals surface area contributed by atoms with E-state index in [2.05, 4.69) is 56.3 Å². The van der Waals surface area contributed by atoms with E-state index < -0.39 is 0 Å². The highest BCUT2D eigenvalue weighted by atomic mass is 16.5. The highest BCUT2D eigenvalue weighted by Gasteiger charge is 2.53. The fourth-order valence-corrected chi connectivity index (χ4v) is 5.71. The summed E-state index contributed by atoms with van der Waals surface area (Å²) in [5, 5.41) is 4.10. The Labute approximate surface area is 139 Å². The van der Waals surface area contributed by atoms with E-state index in [0.29, 0.717) is 11.3 Å². The minimum absolute atomic E-state index is 0.108. The van der Waals surface area contributed by atoms with Crippen LogP contribution in [0.15, 0.2) is 41.1 Å². The standard InChI is InChI=1S/C21H27NO/c1-20(2)18-10-9-16(11-15-7-5-4-6-8-15)12-21(18,3)13-17-14-22-23-19(17)20/h4-8,14,16,18H,9-13H2,1-3H3/t16?,18-,21-/m0/s1. The molecular weight excluding hydrogens is 282 g/mol. The monoisotopic (exact) mass is 309 g/mol. The second-order valence-electron chi connectivity index (χ2n) is 8.62. The van der Waals surface area contributed by atoms with Gasteiger partial charge in [0.2, 0.25) is 0 Å². The Balaban J connectivity index is 1.59. The van der Waals surface area contributed by atoms with Crippen LogP contribution in [-0.4, -0.2) is 5.16 Å². The minimum atomic E-state index is 0.108. The van der Waals surface area contributed by atoms with Crippen LogP contribution >= 0.6 is 0 Å². The largest absolute Gasteiger partial charge is 0.361 e. The van der Waals surface area contributed by atoms with Crippen LogP contribution in [0, 0.1) is 17.3 Å². The van der Waals surface area contributed by atoms with Crippen molar-refractivity contribution in [2.45, 2.75) is 58.3 Å². The number of hydrogen-bond acceptors (Lipinski definition) is 2. The first-order chi connectivity index (χ1) is 11.0. The van der Waals surface area contributed by atoms with Crippen molar-refractivity contribution in [3.63, 3.8) is 0 Å². The topological polar surface area (TPSA) is 26.0 Å². The first-order valence-corrected chi connectivity index (χ1v) is 8.97. The highest BCUT2D eigenvalue weighted by molar-refractivity contribution is 5.30. The van der Waals surface area contributed by atoms with E-state index in [1.165, 1.54) is 36.8 Å². The smallest absolute Gasteiger partial charge is 0.145 e. The van der Waals surface area contributed by atoms with Gasteiger partial charge in [0.25, 0.3) is 0 Å². The van der Waals surface area contributed by atoms with Gasteiger partial charge >= 0.3 is 0 Å². The van der Waals surface area contributed by atoms with E-state index in [1.807, 2.05) is 6.20 Å². The van der Waals surface area contributed by atoms with Crippen molar-refractivity contribution >= 4 is 0 Å². The molecular formula is C21H27NO. The summed E-state index contributed by atoms with van der Waals surface area (Å²) in [4.78, 5) is 0. The van der Waals surface area contributed by atoms with Crippen molar-refractivity contribution in [1.29, 1.82) is 0 Å². The van der Waals surface area contributed by atoms with E-state index >= 15 is 0 Å². The predicted molar refractivity (Wildman–Crippen MR) is 92.3 cm³/mol. The third-order valence-corrected chi connectivity index (χ3v) is 6.52. The third kappa shape index (κ3) is 2.43. The van der Waals surface area contributed by atoms with E-state index in [4.69, 9.17) is 4.52 Å². The number of aromatic nitrogens is 1. The number of fused-ring (bicyclic) bond motifs is 2. The van der Waals surface area contributed by atoms with Crippen LogP contribution in [-0.2, 0) is 18.3 Å². The van der Waals surface area contributed by atoms with E-state index in [0.717, 1.165) is 18.1 Å². The fourth-order valence-electron chi connectivity index (χ4n) is 5.71. The molecule has 2 heteroatoms. The van der Waals surface area contributed by atoms with Crippen molar-refractivity contribution in [2.75, 3.05) is 0 Å². The van der Waals surface area contributed by atoms with Gasteiger partial charge in [-0.15, -0.1) is 0 Å². The van der Waals surface area contributed by atoms with Gasteiger partial charge in [-0.3, -0.25) is 0 Å². The van der Waals surface area contributed by atoms with Crippen LogP contribution < -0.4 is 0 Å². The molecule has 1 fully saturated rings. The number of benzene rings is 1. The SMILES string of the molecule is CC1(C)c2oncc2C[C@]2(C)CC(Cc3ccccc3)CC[C@@H]12. The summed E-state index contributed by atoms with van der Waals surface area (Å²) in [6.07, 6.45) is 8.27. The van der Waals surface area contributed by atoms with Crippen LogP contribution in [0.5, 0.6) is 0 Å². The highest BCUT2D eigenvalue weighted by Crippen LogP contribution is 2.58. The Morgan fingerprint density at radius 3 is 2.70 bits per heavy atom. The van der Waals surface area contributed by atoms with Crippen LogP contribution in [0.2, 0.25) is 0 Å². The first kappa shape index (κ1) is 15.0. The molecule has 2 nitrogen and oxygen atoms in total. The molecule has 1 unspecified atom stereocenters. The van der Waals surface area contributed by atoms with Crippen LogP contribution in [0.4, 0.5) is 0 Å². The summed E-state index contributed by atoms with van der Waals surface area (Å²) >= 11 is 0. The number of hydrogen-bond donors (Lipinski definition) is 0. The zero-order valence-corrected chi connectivity index (χ0v) is 14.5. The molecule has 3 atom stereocenters. The summed E-state index contributed by atoms with van der Waals surface area (Å²) in [5.74, 6) is 2.64. The minimum Gasteiger partial charge on any atom is -0.361 e. The van der Waals surface area contributed by atoms with Gasteiger partial charge in [-0.25, -0.2) is 0 Å². The van der Waals surface area contributed by atoms with Crippen molar-refractivity contribution in [2.24, 2.45) is 17.3 Å². The average Bonchev–Trinajstić information content (AvgIpc) is 2.96. The molecule has 0 spiro atoms. The Hall–Kier alpha value is -1.57. The fraction of sp³-hybridized carbons (Fsp3) is 0.571. The molecule has 4 rings (SSSR count). The molecule has 2 aliphatic carbocycles. The molecule has 0 amide bonds. The zero-order valence-electron chi connectivity index (χ0n) is 14.5. The third-order valence-electron chi connectivity index (χ3n) is 6.52. The Morgan fingerprint density at radius 1 is 1.13 bits per heavy atom. The zero-order chi connectivity index (χ0) is 16.1. The quantitative estimate of drug-likeness (QED) is 0.764. The lowest BCUT2D eigenvalue weighted by Gasteiger charge is -2.54. The molecule has 2 aromatic rings. The van der Waals surface area contributed by atoms with Gasteiger partial charge < -0.3 is 4.52 Å². The maximum Gasteiger partial charge on any atom is 0.145 e. The summed E-state index contributed by atoms with van der Waals surface area (Å²) in [7, 11) is 0. The van der Waals surface area contributed by atoms with Crippen molar-refractivity contribution in [3.8, 4) is 0 Å². The van der Waals surface area contributed by atoms with E-state index in [1.54, 1.807) is 0 Å². The van der Waals surface area contributed by atoms with Gasteiger partial charge in [-0.1, -0.05) is 56.3 Å². The lowest BCUT2D eigenvalue weighted by atomic mass is 9.50. The van der Waals surface area contributed by atoms with Gasteiger partial charge in [-0.2, -0.15) is 0 Å². The molecule has 23 heavy (non-hydrogen) atoms. The van der Waals surface area contributed by atoms with E-state index in [9.17, 15) is 0 Å². The maximum absolute atomic E-state index is 5.64. The Morgan fingerprint density at radius 2 is 1.91 bits per heavy atom. The maximum atomic E-state index is 5.64. The van der Waals surface area contributed by atoms with Crippen LogP contribution in [0.1, 0.15) is 56.9 Å². The average molecular weight is 309 g/mol. The molecule has 122 valence electrons. The Bertz CT molecular complexity index is 687. The van der Waals surface area contributed by atoms with Gasteiger partial charge in [0, 0.05) is 11.0 Å². The molecule has 1 aromatic heterocycles. The molecule has 1 heterocycles. The molecule has 0 aliphatic heterocycles. The molecule has 1 saturated carbocycles. The summed E-state index contributed by atoms with van der Waals surface area (Å²) < 4.78 is 5.64. The predicted octanol–water partition coefficient (Wildman–Crippen LogP) is 5.17. The van der Waals surface area contributed by atoms with Gasteiger partial charge in [-0.05, 0) is 54.9 Å².